The molecule has 2 aliphatic rings. The third-order valence-corrected chi connectivity index (χ3v) is 6.64. The molecule has 1 N–H and O–H groups in total. The highest BCUT2D eigenvalue weighted by Gasteiger charge is 2.34. The van der Waals surface area contributed by atoms with Crippen LogP contribution in [0.25, 0.3) is 0 Å². The Balaban J connectivity index is 1.43. The molecule has 0 aliphatic carbocycles. The monoisotopic (exact) mass is 366 g/mol. The van der Waals surface area contributed by atoms with E-state index in [4.69, 9.17) is 0 Å². The van der Waals surface area contributed by atoms with Crippen LogP contribution in [0.4, 0.5) is 5.82 Å². The molecule has 7 nitrogen and oxygen atoms in total. The Bertz CT molecular complexity index is 734. The Hall–Kier alpha value is -1.70. The van der Waals surface area contributed by atoms with Crippen molar-refractivity contribution in [3.05, 3.63) is 17.8 Å². The van der Waals surface area contributed by atoms with Gasteiger partial charge in [0, 0.05) is 31.0 Å². The first kappa shape index (κ1) is 18.1. The fourth-order valence-corrected chi connectivity index (χ4v) is 4.91. The first-order chi connectivity index (χ1) is 11.6. The SMILES string of the molecule is CC(C)(C)c1ccc(N2CC(CNC(=O)C3CCS(=O)(=O)C3)C2)nn1. The summed E-state index contributed by atoms with van der Waals surface area (Å²) >= 11 is 0. The molecule has 0 spiro atoms. The molecule has 25 heavy (non-hydrogen) atoms. The predicted molar refractivity (Wildman–Crippen MR) is 96.2 cm³/mol. The molecule has 1 aromatic heterocycles. The van der Waals surface area contributed by atoms with Gasteiger partial charge in [-0.1, -0.05) is 20.8 Å². The maximum atomic E-state index is 12.0. The van der Waals surface area contributed by atoms with E-state index in [0.29, 0.717) is 18.9 Å². The molecular weight excluding hydrogens is 340 g/mol. The summed E-state index contributed by atoms with van der Waals surface area (Å²) in [6, 6.07) is 4.00. The van der Waals surface area contributed by atoms with Crippen LogP contribution >= 0.6 is 0 Å². The van der Waals surface area contributed by atoms with Gasteiger partial charge in [0.1, 0.15) is 0 Å². The Labute approximate surface area is 149 Å². The van der Waals surface area contributed by atoms with Crippen LogP contribution in [0.15, 0.2) is 12.1 Å². The van der Waals surface area contributed by atoms with E-state index in [0.717, 1.165) is 24.6 Å². The van der Waals surface area contributed by atoms with Crippen LogP contribution in [0.2, 0.25) is 0 Å². The van der Waals surface area contributed by atoms with E-state index in [2.05, 4.69) is 41.2 Å². The van der Waals surface area contributed by atoms with Crippen LogP contribution in [-0.2, 0) is 20.0 Å². The van der Waals surface area contributed by atoms with Crippen molar-refractivity contribution in [3.63, 3.8) is 0 Å². The summed E-state index contributed by atoms with van der Waals surface area (Å²) < 4.78 is 22.9. The molecule has 1 atom stereocenters. The van der Waals surface area contributed by atoms with Crippen LogP contribution < -0.4 is 10.2 Å². The number of amides is 1. The lowest BCUT2D eigenvalue weighted by Gasteiger charge is -2.40. The second kappa shape index (κ2) is 6.55. The molecule has 2 aliphatic heterocycles. The summed E-state index contributed by atoms with van der Waals surface area (Å²) in [5, 5.41) is 11.5. The zero-order valence-corrected chi connectivity index (χ0v) is 15.8. The van der Waals surface area contributed by atoms with Crippen LogP contribution in [-0.4, -0.2) is 55.7 Å². The molecular formula is C17H26N4O3S. The van der Waals surface area contributed by atoms with Gasteiger partial charge in [0.25, 0.3) is 0 Å². The maximum Gasteiger partial charge on any atom is 0.224 e. The van der Waals surface area contributed by atoms with Gasteiger partial charge in [-0.3, -0.25) is 4.79 Å². The zero-order valence-electron chi connectivity index (χ0n) is 15.0. The summed E-state index contributed by atoms with van der Waals surface area (Å²) in [5.41, 5.74) is 0.952. The van der Waals surface area contributed by atoms with Gasteiger partial charge in [0.2, 0.25) is 5.91 Å². The quantitative estimate of drug-likeness (QED) is 0.846. The maximum absolute atomic E-state index is 12.0. The van der Waals surface area contributed by atoms with Crippen molar-refractivity contribution in [1.29, 1.82) is 0 Å². The summed E-state index contributed by atoms with van der Waals surface area (Å²) in [4.78, 5) is 14.2. The lowest BCUT2D eigenvalue weighted by molar-refractivity contribution is -0.124. The normalized spacial score (nSPS) is 23.3. The van der Waals surface area contributed by atoms with Crippen molar-refractivity contribution in [2.45, 2.75) is 32.6 Å². The van der Waals surface area contributed by atoms with Crippen LogP contribution in [0.5, 0.6) is 0 Å². The van der Waals surface area contributed by atoms with Gasteiger partial charge in [-0.2, -0.15) is 5.10 Å². The highest BCUT2D eigenvalue weighted by atomic mass is 32.2. The van der Waals surface area contributed by atoms with Gasteiger partial charge in [-0.05, 0) is 18.6 Å². The summed E-state index contributed by atoms with van der Waals surface area (Å²) in [6.07, 6.45) is 0.445. The molecule has 1 amide bonds. The lowest BCUT2D eigenvalue weighted by atomic mass is 9.92. The molecule has 8 heteroatoms. The van der Waals surface area contributed by atoms with Gasteiger partial charge in [0.05, 0.1) is 23.1 Å². The number of carbonyl (C=O) groups is 1. The predicted octanol–water partition coefficient (Wildman–Crippen LogP) is 0.761. The van der Waals surface area contributed by atoms with Crippen LogP contribution in [0.1, 0.15) is 32.9 Å². The minimum atomic E-state index is -3.01. The van der Waals surface area contributed by atoms with E-state index in [-0.39, 0.29) is 28.7 Å². The lowest BCUT2D eigenvalue weighted by Crippen LogP contribution is -2.52. The Morgan fingerprint density at radius 3 is 2.52 bits per heavy atom. The number of nitrogens with one attached hydrogen (secondary N) is 1. The number of nitrogens with zero attached hydrogens (tertiary/aromatic N) is 3. The van der Waals surface area contributed by atoms with E-state index in [9.17, 15) is 13.2 Å². The number of anilines is 1. The average molecular weight is 366 g/mol. The van der Waals surface area contributed by atoms with Gasteiger partial charge in [-0.15, -0.1) is 5.10 Å². The van der Waals surface area contributed by atoms with Gasteiger partial charge in [0.15, 0.2) is 15.7 Å². The van der Waals surface area contributed by atoms with Crippen molar-refractivity contribution in [2.75, 3.05) is 36.0 Å². The fourth-order valence-electron chi connectivity index (χ4n) is 3.17. The smallest absolute Gasteiger partial charge is 0.224 e. The highest BCUT2D eigenvalue weighted by molar-refractivity contribution is 7.91. The molecule has 0 aromatic carbocycles. The van der Waals surface area contributed by atoms with E-state index in [1.165, 1.54) is 0 Å². The standard InChI is InChI=1S/C17H26N4O3S/c1-17(2,3)14-4-5-15(20-19-14)21-9-12(10-21)8-18-16(22)13-6-7-25(23,24)11-13/h4-5,12-13H,6-11H2,1-3H3,(H,18,22). The third kappa shape index (κ3) is 4.29. The minimum absolute atomic E-state index is 0.00859. The Morgan fingerprint density at radius 2 is 2.00 bits per heavy atom. The Kier molecular flexibility index (Phi) is 4.74. The van der Waals surface area contributed by atoms with Crippen molar-refractivity contribution < 1.29 is 13.2 Å². The molecule has 1 aromatic rings. The largest absolute Gasteiger partial charge is 0.355 e. The summed E-state index contributed by atoms with van der Waals surface area (Å²) in [5.74, 6) is 0.839. The van der Waals surface area contributed by atoms with E-state index in [1.807, 2.05) is 12.1 Å². The van der Waals surface area contributed by atoms with Crippen molar-refractivity contribution in [3.8, 4) is 0 Å². The van der Waals surface area contributed by atoms with E-state index in [1.54, 1.807) is 0 Å². The minimum Gasteiger partial charge on any atom is -0.355 e. The fraction of sp³-hybridized carbons (Fsp3) is 0.706. The third-order valence-electron chi connectivity index (χ3n) is 4.87. The van der Waals surface area contributed by atoms with E-state index < -0.39 is 9.84 Å². The number of carbonyl (C=O) groups excluding carboxylic acids is 1. The van der Waals surface area contributed by atoms with Crippen molar-refractivity contribution in [2.24, 2.45) is 11.8 Å². The van der Waals surface area contributed by atoms with E-state index >= 15 is 0 Å². The molecule has 2 saturated heterocycles. The first-order valence-corrected chi connectivity index (χ1v) is 10.5. The Morgan fingerprint density at radius 1 is 1.28 bits per heavy atom. The molecule has 1 unspecified atom stereocenters. The molecule has 138 valence electrons. The van der Waals surface area contributed by atoms with Crippen molar-refractivity contribution >= 4 is 21.6 Å². The number of sulfone groups is 1. The topological polar surface area (TPSA) is 92.3 Å². The second-order valence-electron chi connectivity index (χ2n) is 8.14. The molecule has 2 fully saturated rings. The first-order valence-electron chi connectivity index (χ1n) is 8.71. The van der Waals surface area contributed by atoms with Gasteiger partial charge < -0.3 is 10.2 Å². The molecule has 0 bridgehead atoms. The number of hydrogen-bond acceptors (Lipinski definition) is 6. The van der Waals surface area contributed by atoms with Crippen LogP contribution in [0, 0.1) is 11.8 Å². The molecule has 3 heterocycles. The van der Waals surface area contributed by atoms with Gasteiger partial charge >= 0.3 is 0 Å². The average Bonchev–Trinajstić information content (AvgIpc) is 2.85. The molecule has 3 rings (SSSR count). The second-order valence-corrected chi connectivity index (χ2v) is 10.4. The number of aromatic nitrogens is 2. The summed E-state index contributed by atoms with van der Waals surface area (Å²) in [6.45, 7) is 8.55. The highest BCUT2D eigenvalue weighted by Crippen LogP contribution is 2.25. The van der Waals surface area contributed by atoms with Crippen LogP contribution in [0.3, 0.4) is 0 Å². The number of hydrogen-bond donors (Lipinski definition) is 1. The zero-order chi connectivity index (χ0) is 18.2. The van der Waals surface area contributed by atoms with Gasteiger partial charge in [-0.25, -0.2) is 8.42 Å². The number of rotatable bonds is 4. The summed E-state index contributed by atoms with van der Waals surface area (Å²) in [7, 11) is -3.01. The van der Waals surface area contributed by atoms with Crippen molar-refractivity contribution in [1.82, 2.24) is 15.5 Å². The molecule has 0 saturated carbocycles. The molecule has 0 radical (unpaired) electrons.